The molecule has 0 heterocycles. The van der Waals surface area contributed by atoms with Gasteiger partial charge in [-0.25, -0.2) is 8.78 Å². The van der Waals surface area contributed by atoms with Gasteiger partial charge in [0.05, 0.1) is 24.8 Å². The van der Waals surface area contributed by atoms with Crippen molar-refractivity contribution in [3.8, 4) is 0 Å². The van der Waals surface area contributed by atoms with E-state index in [2.05, 4.69) is 55.5 Å². The summed E-state index contributed by atoms with van der Waals surface area (Å²) in [7, 11) is 0. The minimum absolute atomic E-state index is 0.0476. The van der Waals surface area contributed by atoms with Crippen LogP contribution in [0.4, 0.5) is 8.78 Å². The van der Waals surface area contributed by atoms with Crippen molar-refractivity contribution in [2.75, 3.05) is 19.7 Å². The molecule has 2 rings (SSSR count). The highest BCUT2D eigenvalue weighted by Gasteiger charge is 2.36. The molecule has 0 aliphatic heterocycles. The fourth-order valence-electron chi connectivity index (χ4n) is 5.86. The van der Waals surface area contributed by atoms with Crippen molar-refractivity contribution < 1.29 is 23.8 Å². The first-order valence-corrected chi connectivity index (χ1v) is 15.4. The molecule has 236 valence electrons. The van der Waals surface area contributed by atoms with Crippen LogP contribution < -0.4 is 16.0 Å². The second-order valence-electron chi connectivity index (χ2n) is 12.5. The van der Waals surface area contributed by atoms with Gasteiger partial charge < -0.3 is 26.2 Å². The Labute approximate surface area is 251 Å². The van der Waals surface area contributed by atoms with Crippen molar-refractivity contribution in [3.63, 3.8) is 0 Å². The molecule has 1 aromatic rings. The number of benzene rings is 1. The normalized spacial score (nSPS) is 18.3. The van der Waals surface area contributed by atoms with Crippen LogP contribution in [-0.2, 0) is 11.2 Å². The molecular formula is C34H53F2N3O3. The van der Waals surface area contributed by atoms with E-state index in [-0.39, 0.29) is 37.4 Å². The molecule has 0 spiro atoms. The van der Waals surface area contributed by atoms with Crippen molar-refractivity contribution in [3.05, 3.63) is 71.4 Å². The molecule has 42 heavy (non-hydrogen) atoms. The maximum Gasteiger partial charge on any atom is 0.237 e. The summed E-state index contributed by atoms with van der Waals surface area (Å²) in [6, 6.07) is 1.88. The third kappa shape index (κ3) is 10.7. The fourth-order valence-corrected chi connectivity index (χ4v) is 5.86. The lowest BCUT2D eigenvalue weighted by atomic mass is 9.74. The number of amides is 1. The molecule has 1 aromatic carbocycles. The number of aliphatic hydroxyl groups is 2. The van der Waals surface area contributed by atoms with E-state index in [0.29, 0.717) is 12.0 Å². The number of halogens is 2. The van der Waals surface area contributed by atoms with Gasteiger partial charge in [-0.05, 0) is 66.9 Å². The molecule has 1 aliphatic carbocycles. The second kappa shape index (κ2) is 17.0. The smallest absolute Gasteiger partial charge is 0.237 e. The summed E-state index contributed by atoms with van der Waals surface area (Å²) in [5, 5.41) is 30.4. The van der Waals surface area contributed by atoms with Gasteiger partial charge in [0.15, 0.2) is 0 Å². The molecule has 0 saturated heterocycles. The molecule has 1 saturated carbocycles. The van der Waals surface area contributed by atoms with Crippen molar-refractivity contribution in [1.82, 2.24) is 16.0 Å². The molecule has 6 nitrogen and oxygen atoms in total. The van der Waals surface area contributed by atoms with Gasteiger partial charge in [0.2, 0.25) is 5.91 Å². The van der Waals surface area contributed by atoms with Crippen LogP contribution in [0.2, 0.25) is 0 Å². The number of rotatable bonds is 16. The number of allylic oxidation sites excluding steroid dienone is 3. The SMILES string of the molecule is C=C/C(=C\C(=C/C)C(C)(C)C)C1(NCC(O)C(Cc2cc(F)cc(F)c2)NC(=O)C(CCC)NCCO)CCCCC1. The van der Waals surface area contributed by atoms with E-state index >= 15 is 0 Å². The van der Waals surface area contributed by atoms with Crippen LogP contribution in [0.5, 0.6) is 0 Å². The van der Waals surface area contributed by atoms with Gasteiger partial charge in [-0.2, -0.15) is 0 Å². The van der Waals surface area contributed by atoms with E-state index in [1.54, 1.807) is 0 Å². The Bertz CT molecular complexity index is 1050. The predicted octanol–water partition coefficient (Wildman–Crippen LogP) is 5.50. The summed E-state index contributed by atoms with van der Waals surface area (Å²) in [4.78, 5) is 13.3. The number of carbonyl (C=O) groups is 1. The Morgan fingerprint density at radius 1 is 1.14 bits per heavy atom. The van der Waals surface area contributed by atoms with E-state index < -0.39 is 35.4 Å². The standard InChI is InChI=1S/C34H53F2N3O3/c1-7-13-29(37-16-17-40)32(42)39-30(20-24-18-27(35)22-28(36)19-24)31(41)23-38-34(14-11-10-12-15-34)26(9-3)21-25(8-2)33(4,5)6/h8-9,18-19,21-22,29-31,37-38,40-41H,3,7,10-17,20,23H2,1-2,4-6H3,(H,39,42)/b25-8+,26-21+. The van der Waals surface area contributed by atoms with Crippen LogP contribution >= 0.6 is 0 Å². The molecule has 1 fully saturated rings. The largest absolute Gasteiger partial charge is 0.395 e. The number of carbonyl (C=O) groups excluding carboxylic acids is 1. The van der Waals surface area contributed by atoms with Crippen molar-refractivity contribution >= 4 is 5.91 Å². The highest BCUT2D eigenvalue weighted by molar-refractivity contribution is 5.82. The molecule has 0 aromatic heterocycles. The molecule has 1 aliphatic rings. The van der Waals surface area contributed by atoms with Crippen LogP contribution in [0.3, 0.4) is 0 Å². The number of nitrogens with one attached hydrogen (secondary N) is 3. The second-order valence-corrected chi connectivity index (χ2v) is 12.5. The number of β-amino-alcohol motifs (C(OH)–C–C–N with tert-alkyl or cyclic N) is 1. The Balaban J connectivity index is 2.37. The van der Waals surface area contributed by atoms with Crippen LogP contribution in [0.25, 0.3) is 0 Å². The monoisotopic (exact) mass is 589 g/mol. The topological polar surface area (TPSA) is 93.6 Å². The molecule has 3 unspecified atom stereocenters. The highest BCUT2D eigenvalue weighted by Crippen LogP contribution is 2.37. The van der Waals surface area contributed by atoms with E-state index in [1.165, 1.54) is 17.7 Å². The molecular weight excluding hydrogens is 536 g/mol. The van der Waals surface area contributed by atoms with E-state index in [4.69, 9.17) is 0 Å². The van der Waals surface area contributed by atoms with Gasteiger partial charge in [0.25, 0.3) is 0 Å². The summed E-state index contributed by atoms with van der Waals surface area (Å²) in [6.45, 7) is 15.0. The average Bonchev–Trinajstić information content (AvgIpc) is 2.93. The molecule has 0 bridgehead atoms. The van der Waals surface area contributed by atoms with Crippen molar-refractivity contribution in [2.24, 2.45) is 5.41 Å². The first kappa shape index (κ1) is 35.8. The molecule has 8 heteroatoms. The van der Waals surface area contributed by atoms with Crippen LogP contribution in [0.1, 0.15) is 85.1 Å². The molecule has 5 N–H and O–H groups in total. The van der Waals surface area contributed by atoms with Gasteiger partial charge in [0.1, 0.15) is 11.6 Å². The summed E-state index contributed by atoms with van der Waals surface area (Å²) < 4.78 is 28.1. The highest BCUT2D eigenvalue weighted by atomic mass is 19.1. The third-order valence-corrected chi connectivity index (χ3v) is 8.18. The lowest BCUT2D eigenvalue weighted by Crippen LogP contribution is -2.57. The Hall–Kier alpha value is -2.39. The van der Waals surface area contributed by atoms with E-state index in [1.807, 2.05) is 19.9 Å². The zero-order valence-corrected chi connectivity index (χ0v) is 26.2. The minimum Gasteiger partial charge on any atom is -0.395 e. The van der Waals surface area contributed by atoms with Gasteiger partial charge in [-0.15, -0.1) is 0 Å². The Morgan fingerprint density at radius 3 is 2.31 bits per heavy atom. The van der Waals surface area contributed by atoms with Crippen LogP contribution in [-0.4, -0.2) is 59.5 Å². The average molecular weight is 590 g/mol. The van der Waals surface area contributed by atoms with Crippen molar-refractivity contribution in [2.45, 2.75) is 110 Å². The number of hydrogen-bond acceptors (Lipinski definition) is 5. The maximum atomic E-state index is 14.0. The lowest BCUT2D eigenvalue weighted by molar-refractivity contribution is -0.125. The van der Waals surface area contributed by atoms with E-state index in [0.717, 1.165) is 50.2 Å². The minimum atomic E-state index is -1.05. The quantitative estimate of drug-likeness (QED) is 0.164. The molecule has 3 atom stereocenters. The number of aliphatic hydroxyl groups excluding tert-OH is 2. The van der Waals surface area contributed by atoms with Gasteiger partial charge >= 0.3 is 0 Å². The number of hydrogen-bond donors (Lipinski definition) is 5. The summed E-state index contributed by atoms with van der Waals surface area (Å²) >= 11 is 0. The summed E-state index contributed by atoms with van der Waals surface area (Å²) in [5.74, 6) is -1.75. The maximum absolute atomic E-state index is 14.0. The zero-order chi connectivity index (χ0) is 31.3. The van der Waals surface area contributed by atoms with Crippen LogP contribution in [0, 0.1) is 17.0 Å². The van der Waals surface area contributed by atoms with Gasteiger partial charge in [0, 0.05) is 24.7 Å². The van der Waals surface area contributed by atoms with Crippen molar-refractivity contribution in [1.29, 1.82) is 0 Å². The van der Waals surface area contributed by atoms with E-state index in [9.17, 15) is 23.8 Å². The lowest BCUT2D eigenvalue weighted by Gasteiger charge is -2.41. The predicted molar refractivity (Wildman–Crippen MR) is 167 cm³/mol. The van der Waals surface area contributed by atoms with Crippen LogP contribution in [0.15, 0.2) is 54.2 Å². The Kier molecular flexibility index (Phi) is 14.5. The summed E-state index contributed by atoms with van der Waals surface area (Å²) in [5.41, 5.74) is 2.16. The van der Waals surface area contributed by atoms with Gasteiger partial charge in [-0.1, -0.05) is 78.2 Å². The summed E-state index contributed by atoms with van der Waals surface area (Å²) in [6.07, 6.45) is 11.5. The third-order valence-electron chi connectivity index (χ3n) is 8.18. The van der Waals surface area contributed by atoms with Gasteiger partial charge in [-0.3, -0.25) is 4.79 Å². The zero-order valence-electron chi connectivity index (χ0n) is 26.2. The molecule has 0 radical (unpaired) electrons. The molecule has 1 amide bonds. The first-order valence-electron chi connectivity index (χ1n) is 15.4. The first-order chi connectivity index (χ1) is 19.9. The Morgan fingerprint density at radius 2 is 1.79 bits per heavy atom. The fraction of sp³-hybridized carbons (Fsp3) is 0.618.